The van der Waals surface area contributed by atoms with Gasteiger partial charge < -0.3 is 9.80 Å². The van der Waals surface area contributed by atoms with Crippen molar-refractivity contribution in [1.29, 1.82) is 0 Å². The number of rotatable bonds is 3. The molecule has 4 rings (SSSR count). The summed E-state index contributed by atoms with van der Waals surface area (Å²) in [5, 5.41) is 11.0. The SMILES string of the molecule is Cc1nnc(N2CCC(CC(=O)N3CCC(F)(F)CC3)CC2)c2ccccc12. The zero-order chi connectivity index (χ0) is 19.7. The van der Waals surface area contributed by atoms with E-state index < -0.39 is 5.92 Å². The van der Waals surface area contributed by atoms with Crippen LogP contribution in [0.5, 0.6) is 0 Å². The maximum atomic E-state index is 13.3. The molecule has 7 heteroatoms. The van der Waals surface area contributed by atoms with Crippen molar-refractivity contribution < 1.29 is 13.6 Å². The highest BCUT2D eigenvalue weighted by molar-refractivity contribution is 5.93. The van der Waals surface area contributed by atoms with Gasteiger partial charge >= 0.3 is 0 Å². The minimum atomic E-state index is -2.61. The third-order valence-corrected chi connectivity index (χ3v) is 6.08. The van der Waals surface area contributed by atoms with Gasteiger partial charge in [0.2, 0.25) is 5.91 Å². The number of benzene rings is 1. The van der Waals surface area contributed by atoms with Crippen LogP contribution in [0.1, 0.15) is 37.8 Å². The van der Waals surface area contributed by atoms with Crippen molar-refractivity contribution in [3.63, 3.8) is 0 Å². The van der Waals surface area contributed by atoms with Crippen molar-refractivity contribution in [2.45, 2.75) is 45.0 Å². The highest BCUT2D eigenvalue weighted by Gasteiger charge is 2.36. The van der Waals surface area contributed by atoms with E-state index >= 15 is 0 Å². The molecular weight excluding hydrogens is 362 g/mol. The van der Waals surface area contributed by atoms with Crippen molar-refractivity contribution in [3.05, 3.63) is 30.0 Å². The maximum absolute atomic E-state index is 13.3. The Kier molecular flexibility index (Phi) is 5.17. The molecule has 1 aromatic carbocycles. The number of aromatic nitrogens is 2. The molecule has 1 amide bonds. The van der Waals surface area contributed by atoms with Gasteiger partial charge in [0.25, 0.3) is 5.92 Å². The van der Waals surface area contributed by atoms with E-state index in [-0.39, 0.29) is 31.8 Å². The molecule has 2 saturated heterocycles. The standard InChI is InChI=1S/C21H26F2N4O/c1-15-17-4-2-3-5-18(17)20(25-24-15)27-10-6-16(7-11-27)14-19(28)26-12-8-21(22,23)9-13-26/h2-5,16H,6-14H2,1H3. The highest BCUT2D eigenvalue weighted by atomic mass is 19.3. The highest BCUT2D eigenvalue weighted by Crippen LogP contribution is 2.31. The molecule has 28 heavy (non-hydrogen) atoms. The Morgan fingerprint density at radius 3 is 2.39 bits per heavy atom. The van der Waals surface area contributed by atoms with Crippen LogP contribution in [0.15, 0.2) is 24.3 Å². The molecular formula is C21H26F2N4O. The number of piperidine rings is 2. The number of alkyl halides is 2. The number of carbonyl (C=O) groups is 1. The van der Waals surface area contributed by atoms with E-state index in [1.807, 2.05) is 19.1 Å². The van der Waals surface area contributed by atoms with Gasteiger partial charge in [-0.1, -0.05) is 24.3 Å². The monoisotopic (exact) mass is 388 g/mol. The molecule has 0 atom stereocenters. The van der Waals surface area contributed by atoms with Crippen molar-refractivity contribution in [3.8, 4) is 0 Å². The first-order chi connectivity index (χ1) is 13.4. The Morgan fingerprint density at radius 2 is 1.71 bits per heavy atom. The van der Waals surface area contributed by atoms with Gasteiger partial charge in [0.05, 0.1) is 5.69 Å². The molecule has 0 unspecified atom stereocenters. The molecule has 0 N–H and O–H groups in total. The Balaban J connectivity index is 1.35. The number of aryl methyl sites for hydroxylation is 1. The Morgan fingerprint density at radius 1 is 1.07 bits per heavy atom. The summed E-state index contributed by atoms with van der Waals surface area (Å²) in [6.45, 7) is 3.98. The fourth-order valence-corrected chi connectivity index (χ4v) is 4.27. The van der Waals surface area contributed by atoms with Crippen LogP contribution >= 0.6 is 0 Å². The lowest BCUT2D eigenvalue weighted by atomic mass is 9.92. The fourth-order valence-electron chi connectivity index (χ4n) is 4.27. The van der Waals surface area contributed by atoms with Crippen molar-refractivity contribution in [2.75, 3.05) is 31.1 Å². The Hall–Kier alpha value is -2.31. The average molecular weight is 388 g/mol. The first-order valence-electron chi connectivity index (χ1n) is 10.1. The van der Waals surface area contributed by atoms with Crippen LogP contribution in [0, 0.1) is 12.8 Å². The molecule has 1 aromatic heterocycles. The summed E-state index contributed by atoms with van der Waals surface area (Å²) in [6.07, 6.45) is 1.84. The van der Waals surface area contributed by atoms with Crippen LogP contribution in [0.3, 0.4) is 0 Å². The lowest BCUT2D eigenvalue weighted by molar-refractivity contribution is -0.138. The smallest absolute Gasteiger partial charge is 0.251 e. The first kappa shape index (κ1) is 19.0. The molecule has 0 radical (unpaired) electrons. The largest absolute Gasteiger partial charge is 0.355 e. The van der Waals surface area contributed by atoms with E-state index in [9.17, 15) is 13.6 Å². The van der Waals surface area contributed by atoms with Crippen LogP contribution in [-0.4, -0.2) is 53.1 Å². The number of amides is 1. The molecule has 150 valence electrons. The van der Waals surface area contributed by atoms with E-state index in [0.29, 0.717) is 12.3 Å². The number of nitrogens with zero attached hydrogens (tertiary/aromatic N) is 4. The van der Waals surface area contributed by atoms with Crippen LogP contribution < -0.4 is 4.90 Å². The summed E-state index contributed by atoms with van der Waals surface area (Å²) in [4.78, 5) is 16.3. The second-order valence-corrected chi connectivity index (χ2v) is 8.03. The van der Waals surface area contributed by atoms with Gasteiger partial charge in [0.15, 0.2) is 5.82 Å². The lowest BCUT2D eigenvalue weighted by Gasteiger charge is -2.35. The number of hydrogen-bond acceptors (Lipinski definition) is 4. The topological polar surface area (TPSA) is 49.3 Å². The van der Waals surface area contributed by atoms with Crippen LogP contribution in [-0.2, 0) is 4.79 Å². The normalized spacial score (nSPS) is 20.5. The fraction of sp³-hybridized carbons (Fsp3) is 0.571. The second-order valence-electron chi connectivity index (χ2n) is 8.03. The van der Waals surface area contributed by atoms with Crippen LogP contribution in [0.4, 0.5) is 14.6 Å². The number of fused-ring (bicyclic) bond motifs is 1. The third kappa shape index (κ3) is 3.93. The van der Waals surface area contributed by atoms with Crippen LogP contribution in [0.25, 0.3) is 10.8 Å². The number of anilines is 1. The van der Waals surface area contributed by atoms with Gasteiger partial charge in [-0.15, -0.1) is 5.10 Å². The Bertz CT molecular complexity index is 855. The predicted molar refractivity (Wildman–Crippen MR) is 105 cm³/mol. The molecule has 2 aliphatic rings. The molecule has 0 spiro atoms. The minimum Gasteiger partial charge on any atom is -0.355 e. The molecule has 5 nitrogen and oxygen atoms in total. The van der Waals surface area contributed by atoms with E-state index in [0.717, 1.165) is 48.2 Å². The third-order valence-electron chi connectivity index (χ3n) is 6.08. The minimum absolute atomic E-state index is 0.0227. The Labute approximate surface area is 163 Å². The predicted octanol–water partition coefficient (Wildman–Crippen LogP) is 3.80. The van der Waals surface area contributed by atoms with Crippen molar-refractivity contribution >= 4 is 22.5 Å². The molecule has 2 fully saturated rings. The van der Waals surface area contributed by atoms with Gasteiger partial charge in [0, 0.05) is 56.2 Å². The molecule has 0 saturated carbocycles. The summed E-state index contributed by atoms with van der Waals surface area (Å²) in [5.74, 6) is -1.38. The quantitative estimate of drug-likeness (QED) is 0.803. The zero-order valence-electron chi connectivity index (χ0n) is 16.2. The summed E-state index contributed by atoms with van der Waals surface area (Å²) < 4.78 is 26.6. The molecule has 2 aliphatic heterocycles. The number of hydrogen-bond donors (Lipinski definition) is 0. The molecule has 3 heterocycles. The van der Waals surface area contributed by atoms with Crippen molar-refractivity contribution in [2.24, 2.45) is 5.92 Å². The maximum Gasteiger partial charge on any atom is 0.251 e. The number of carbonyl (C=O) groups excluding carboxylic acids is 1. The van der Waals surface area contributed by atoms with E-state index in [1.54, 1.807) is 4.90 Å². The van der Waals surface area contributed by atoms with Gasteiger partial charge in [-0.05, 0) is 25.7 Å². The molecule has 2 aromatic rings. The number of halogens is 2. The summed E-state index contributed by atoms with van der Waals surface area (Å²) >= 11 is 0. The number of likely N-dealkylation sites (tertiary alicyclic amines) is 1. The van der Waals surface area contributed by atoms with Gasteiger partial charge in [0.1, 0.15) is 0 Å². The van der Waals surface area contributed by atoms with Gasteiger partial charge in [-0.25, -0.2) is 8.78 Å². The lowest BCUT2D eigenvalue weighted by Crippen LogP contribution is -2.44. The average Bonchev–Trinajstić information content (AvgIpc) is 2.69. The van der Waals surface area contributed by atoms with E-state index in [2.05, 4.69) is 27.2 Å². The van der Waals surface area contributed by atoms with Crippen molar-refractivity contribution in [1.82, 2.24) is 15.1 Å². The van der Waals surface area contributed by atoms with E-state index in [1.165, 1.54) is 0 Å². The van der Waals surface area contributed by atoms with Crippen LogP contribution in [0.2, 0.25) is 0 Å². The van der Waals surface area contributed by atoms with E-state index in [4.69, 9.17) is 0 Å². The summed E-state index contributed by atoms with van der Waals surface area (Å²) in [5.41, 5.74) is 0.923. The molecule has 0 aliphatic carbocycles. The second kappa shape index (κ2) is 7.60. The summed E-state index contributed by atoms with van der Waals surface area (Å²) in [6, 6.07) is 8.17. The molecule has 0 bridgehead atoms. The van der Waals surface area contributed by atoms with Gasteiger partial charge in [-0.3, -0.25) is 4.79 Å². The summed E-state index contributed by atoms with van der Waals surface area (Å²) in [7, 11) is 0. The first-order valence-corrected chi connectivity index (χ1v) is 10.1. The van der Waals surface area contributed by atoms with Gasteiger partial charge in [-0.2, -0.15) is 5.10 Å². The zero-order valence-corrected chi connectivity index (χ0v) is 16.2.